The summed E-state index contributed by atoms with van der Waals surface area (Å²) in [5.41, 5.74) is -0.885. The Morgan fingerprint density at radius 2 is 2.44 bits per heavy atom. The van der Waals surface area contributed by atoms with Gasteiger partial charge in [0.05, 0.1) is 12.7 Å². The van der Waals surface area contributed by atoms with Gasteiger partial charge in [-0.2, -0.15) is 5.26 Å². The van der Waals surface area contributed by atoms with Crippen molar-refractivity contribution in [1.82, 2.24) is 19.6 Å². The van der Waals surface area contributed by atoms with Crippen LogP contribution in [0.4, 0.5) is 0 Å². The molecule has 0 spiro atoms. The van der Waals surface area contributed by atoms with Gasteiger partial charge in [-0.1, -0.05) is 0 Å². The van der Waals surface area contributed by atoms with E-state index in [1.54, 1.807) is 17.5 Å². The Morgan fingerprint density at radius 3 is 3.11 bits per heavy atom. The molecule has 0 aliphatic rings. The summed E-state index contributed by atoms with van der Waals surface area (Å²) in [6, 6.07) is 1.94. The van der Waals surface area contributed by atoms with Crippen molar-refractivity contribution < 1.29 is 9.53 Å². The van der Waals surface area contributed by atoms with Crippen molar-refractivity contribution in [2.75, 3.05) is 6.61 Å². The number of nitrogens with zero attached hydrogens (tertiary/aromatic N) is 5. The third-order valence-electron chi connectivity index (χ3n) is 2.60. The summed E-state index contributed by atoms with van der Waals surface area (Å²) in [5, 5.41) is 16.9. The molecule has 18 heavy (non-hydrogen) atoms. The highest BCUT2D eigenvalue weighted by atomic mass is 16.5. The first-order chi connectivity index (χ1) is 8.63. The maximum Gasteiger partial charge on any atom is 0.332 e. The van der Waals surface area contributed by atoms with Crippen molar-refractivity contribution in [3.8, 4) is 6.07 Å². The molecule has 0 aromatic carbocycles. The van der Waals surface area contributed by atoms with Crippen LogP contribution in [0.5, 0.6) is 0 Å². The smallest absolute Gasteiger partial charge is 0.332 e. The predicted octanol–water partition coefficient (Wildman–Crippen LogP) is 0.469. The lowest BCUT2D eigenvalue weighted by molar-refractivity contribution is -0.147. The van der Waals surface area contributed by atoms with E-state index in [1.165, 1.54) is 19.4 Å². The number of ether oxygens (including phenoxy) is 1. The number of fused-ring (bicyclic) bond motifs is 1. The van der Waals surface area contributed by atoms with Crippen LogP contribution in [0.25, 0.3) is 5.65 Å². The largest absolute Gasteiger partial charge is 0.465 e. The lowest BCUT2D eigenvalue weighted by atomic mass is 9.88. The zero-order valence-electron chi connectivity index (χ0n) is 9.99. The minimum absolute atomic E-state index is 0.200. The van der Waals surface area contributed by atoms with Gasteiger partial charge >= 0.3 is 5.97 Å². The van der Waals surface area contributed by atoms with E-state index in [1.807, 2.05) is 6.07 Å². The fourth-order valence-electron chi connectivity index (χ4n) is 1.58. The van der Waals surface area contributed by atoms with Crippen LogP contribution in [0.1, 0.15) is 19.5 Å². The average molecular weight is 245 g/mol. The molecular weight excluding hydrogens is 234 g/mol. The fourth-order valence-corrected chi connectivity index (χ4v) is 1.58. The molecule has 7 nitrogen and oxygen atoms in total. The number of esters is 1. The molecule has 0 aliphatic heterocycles. The molecule has 1 unspecified atom stereocenters. The predicted molar refractivity (Wildman–Crippen MR) is 60.4 cm³/mol. The molecule has 2 rings (SSSR count). The van der Waals surface area contributed by atoms with Crippen LogP contribution in [0.2, 0.25) is 0 Å². The Kier molecular flexibility index (Phi) is 2.93. The monoisotopic (exact) mass is 245 g/mol. The Hall–Kier alpha value is -2.49. The van der Waals surface area contributed by atoms with E-state index in [2.05, 4.69) is 15.2 Å². The number of nitriles is 1. The van der Waals surface area contributed by atoms with Gasteiger partial charge in [0.1, 0.15) is 12.0 Å². The molecule has 92 valence electrons. The Bertz CT molecular complexity index is 630. The van der Waals surface area contributed by atoms with Gasteiger partial charge in [0.25, 0.3) is 0 Å². The second kappa shape index (κ2) is 4.41. The number of carbonyl (C=O) groups excluding carboxylic acids is 1. The molecule has 0 saturated heterocycles. The summed E-state index contributed by atoms with van der Waals surface area (Å²) in [6.45, 7) is 3.34. The molecule has 2 aromatic rings. The van der Waals surface area contributed by atoms with Crippen molar-refractivity contribution in [2.45, 2.75) is 19.3 Å². The van der Waals surface area contributed by atoms with E-state index in [-0.39, 0.29) is 12.3 Å². The number of carbonyl (C=O) groups is 1. The fraction of sp³-hybridized carbons (Fsp3) is 0.364. The van der Waals surface area contributed by atoms with Gasteiger partial charge < -0.3 is 4.74 Å². The molecule has 2 heterocycles. The van der Waals surface area contributed by atoms with Crippen LogP contribution in [-0.4, -0.2) is 32.2 Å². The first-order valence-electron chi connectivity index (χ1n) is 5.36. The molecule has 0 bridgehead atoms. The van der Waals surface area contributed by atoms with Gasteiger partial charge in [-0.05, 0) is 13.8 Å². The topological polar surface area (TPSA) is 93.2 Å². The Balaban J connectivity index is 2.60. The van der Waals surface area contributed by atoms with Crippen molar-refractivity contribution in [3.63, 3.8) is 0 Å². The van der Waals surface area contributed by atoms with Crippen molar-refractivity contribution in [1.29, 1.82) is 5.26 Å². The number of hydrogen-bond donors (Lipinski definition) is 0. The normalized spacial score (nSPS) is 13.8. The summed E-state index contributed by atoms with van der Waals surface area (Å²) in [4.78, 5) is 16.0. The van der Waals surface area contributed by atoms with E-state index in [4.69, 9.17) is 4.74 Å². The minimum Gasteiger partial charge on any atom is -0.465 e. The van der Waals surface area contributed by atoms with Crippen LogP contribution in [0.3, 0.4) is 0 Å². The van der Waals surface area contributed by atoms with Gasteiger partial charge in [-0.15, -0.1) is 10.2 Å². The van der Waals surface area contributed by atoms with Crippen LogP contribution in [0.15, 0.2) is 18.7 Å². The van der Waals surface area contributed by atoms with Crippen molar-refractivity contribution >= 4 is 11.6 Å². The first-order valence-corrected chi connectivity index (χ1v) is 5.36. The molecule has 7 heteroatoms. The quantitative estimate of drug-likeness (QED) is 0.729. The lowest BCUT2D eigenvalue weighted by Crippen LogP contribution is -2.34. The van der Waals surface area contributed by atoms with Gasteiger partial charge in [0.15, 0.2) is 11.1 Å². The molecule has 0 N–H and O–H groups in total. The molecule has 0 saturated carbocycles. The Morgan fingerprint density at radius 1 is 1.67 bits per heavy atom. The molecule has 2 aromatic heterocycles. The molecule has 0 aliphatic carbocycles. The molecule has 0 radical (unpaired) electrons. The molecule has 0 amide bonds. The summed E-state index contributed by atoms with van der Waals surface area (Å²) in [7, 11) is 0. The second-order valence-corrected chi connectivity index (χ2v) is 3.79. The van der Waals surface area contributed by atoms with E-state index >= 15 is 0 Å². The minimum atomic E-state index is -1.49. The van der Waals surface area contributed by atoms with Gasteiger partial charge in [-0.25, -0.2) is 4.79 Å². The van der Waals surface area contributed by atoms with E-state index in [9.17, 15) is 10.1 Å². The summed E-state index contributed by atoms with van der Waals surface area (Å²) in [5.74, 6) is -0.642. The summed E-state index contributed by atoms with van der Waals surface area (Å²) < 4.78 is 6.51. The highest BCUT2D eigenvalue weighted by Gasteiger charge is 2.41. The average Bonchev–Trinajstić information content (AvgIpc) is 2.86. The summed E-state index contributed by atoms with van der Waals surface area (Å²) >= 11 is 0. The SMILES string of the molecule is CCOC(=O)C(C)(C#N)c1nccn2cnnc12. The van der Waals surface area contributed by atoms with Crippen molar-refractivity contribution in [3.05, 3.63) is 24.4 Å². The maximum atomic E-state index is 11.9. The van der Waals surface area contributed by atoms with E-state index in [0.29, 0.717) is 5.65 Å². The van der Waals surface area contributed by atoms with E-state index in [0.717, 1.165) is 0 Å². The molecule has 0 fully saturated rings. The number of hydrogen-bond acceptors (Lipinski definition) is 6. The van der Waals surface area contributed by atoms with Crippen LogP contribution < -0.4 is 0 Å². The standard InChI is InChI=1S/C11H11N5O2/c1-3-18-10(17)11(2,6-12)8-9-15-14-7-16(9)5-4-13-8/h4-5,7H,3H2,1-2H3. The highest BCUT2D eigenvalue weighted by Crippen LogP contribution is 2.25. The van der Waals surface area contributed by atoms with Gasteiger partial charge in [0.2, 0.25) is 0 Å². The zero-order valence-corrected chi connectivity index (χ0v) is 9.99. The van der Waals surface area contributed by atoms with Gasteiger partial charge in [0, 0.05) is 12.4 Å². The molecular formula is C11H11N5O2. The number of aromatic nitrogens is 4. The maximum absolute atomic E-state index is 11.9. The van der Waals surface area contributed by atoms with Crippen molar-refractivity contribution in [2.24, 2.45) is 0 Å². The van der Waals surface area contributed by atoms with Crippen LogP contribution >= 0.6 is 0 Å². The third kappa shape index (κ3) is 1.68. The second-order valence-electron chi connectivity index (χ2n) is 3.79. The van der Waals surface area contributed by atoms with Gasteiger partial charge in [-0.3, -0.25) is 9.38 Å². The van der Waals surface area contributed by atoms with E-state index < -0.39 is 11.4 Å². The lowest BCUT2D eigenvalue weighted by Gasteiger charge is -2.18. The molecule has 1 atom stereocenters. The third-order valence-corrected chi connectivity index (χ3v) is 2.60. The highest BCUT2D eigenvalue weighted by molar-refractivity contribution is 5.87. The first kappa shape index (κ1) is 12.0. The zero-order chi connectivity index (χ0) is 13.2. The summed E-state index contributed by atoms with van der Waals surface area (Å²) in [6.07, 6.45) is 4.60. The Labute approximate surface area is 103 Å². The number of rotatable bonds is 3. The van der Waals surface area contributed by atoms with Crippen LogP contribution in [0, 0.1) is 11.3 Å². The van der Waals surface area contributed by atoms with Crippen LogP contribution in [-0.2, 0) is 14.9 Å².